The lowest BCUT2D eigenvalue weighted by molar-refractivity contribution is 0.162. The molecular formula is C19H27N5O. The van der Waals surface area contributed by atoms with Crippen LogP contribution in [0, 0.1) is 6.92 Å². The molecule has 1 N–H and O–H groups in total. The summed E-state index contributed by atoms with van der Waals surface area (Å²) in [5, 5.41) is 3.06. The van der Waals surface area contributed by atoms with Gasteiger partial charge in [0.15, 0.2) is 5.82 Å². The van der Waals surface area contributed by atoms with Crippen molar-refractivity contribution in [3.05, 3.63) is 42.0 Å². The highest BCUT2D eigenvalue weighted by molar-refractivity contribution is 5.75. The Morgan fingerprint density at radius 1 is 1.08 bits per heavy atom. The summed E-state index contributed by atoms with van der Waals surface area (Å²) in [6.07, 6.45) is 5.23. The van der Waals surface area contributed by atoms with E-state index in [1.165, 1.54) is 0 Å². The second-order valence-corrected chi connectivity index (χ2v) is 6.74. The fraction of sp³-hybridized carbons (Fsp3) is 0.474. The summed E-state index contributed by atoms with van der Waals surface area (Å²) >= 11 is 0. The molecule has 6 heteroatoms. The fourth-order valence-electron chi connectivity index (χ4n) is 2.94. The Labute approximate surface area is 149 Å². The molecular weight excluding hydrogens is 314 g/mol. The first-order valence-corrected chi connectivity index (χ1v) is 8.64. The van der Waals surface area contributed by atoms with Crippen LogP contribution in [0.5, 0.6) is 0 Å². The lowest BCUT2D eigenvalue weighted by atomic mass is 10.1. The summed E-state index contributed by atoms with van der Waals surface area (Å²) in [6.45, 7) is 12.0. The third-order valence-electron chi connectivity index (χ3n) is 4.11. The SMILES string of the molecule is Cc1nc(-c2ccncc2)ncc1[C@@H](C)NC(=O)N(C(C)C)C(C)C. The molecule has 0 spiro atoms. The maximum Gasteiger partial charge on any atom is 0.318 e. The number of nitrogens with one attached hydrogen (secondary N) is 1. The maximum absolute atomic E-state index is 12.6. The summed E-state index contributed by atoms with van der Waals surface area (Å²) in [5.74, 6) is 0.660. The summed E-state index contributed by atoms with van der Waals surface area (Å²) in [5.41, 5.74) is 2.70. The number of aromatic nitrogens is 3. The topological polar surface area (TPSA) is 71.0 Å². The molecule has 0 unspecified atom stereocenters. The minimum atomic E-state index is -0.168. The van der Waals surface area contributed by atoms with Crippen LogP contribution in [0.2, 0.25) is 0 Å². The zero-order valence-electron chi connectivity index (χ0n) is 15.8. The number of hydrogen-bond acceptors (Lipinski definition) is 4. The van der Waals surface area contributed by atoms with Crippen molar-refractivity contribution < 1.29 is 4.79 Å². The fourth-order valence-corrected chi connectivity index (χ4v) is 2.94. The van der Waals surface area contributed by atoms with Crippen LogP contribution in [-0.4, -0.2) is 38.0 Å². The number of urea groups is 1. The Balaban J connectivity index is 2.17. The van der Waals surface area contributed by atoms with Gasteiger partial charge >= 0.3 is 6.03 Å². The lowest BCUT2D eigenvalue weighted by Crippen LogP contribution is -2.48. The van der Waals surface area contributed by atoms with Crippen molar-refractivity contribution in [2.75, 3.05) is 0 Å². The van der Waals surface area contributed by atoms with Crippen molar-refractivity contribution in [1.29, 1.82) is 0 Å². The highest BCUT2D eigenvalue weighted by Crippen LogP contribution is 2.20. The minimum absolute atomic E-state index is 0.0740. The van der Waals surface area contributed by atoms with Crippen LogP contribution in [0.1, 0.15) is 51.9 Å². The van der Waals surface area contributed by atoms with E-state index in [1.54, 1.807) is 18.6 Å². The molecule has 2 rings (SSSR count). The van der Waals surface area contributed by atoms with E-state index in [9.17, 15) is 4.79 Å². The van der Waals surface area contributed by atoms with E-state index in [4.69, 9.17) is 0 Å². The molecule has 0 radical (unpaired) electrons. The average Bonchev–Trinajstić information content (AvgIpc) is 2.54. The molecule has 2 aromatic rings. The Hall–Kier alpha value is -2.50. The Kier molecular flexibility index (Phi) is 6.07. The zero-order valence-corrected chi connectivity index (χ0v) is 15.8. The smallest absolute Gasteiger partial charge is 0.318 e. The third-order valence-corrected chi connectivity index (χ3v) is 4.11. The van der Waals surface area contributed by atoms with Crippen molar-refractivity contribution in [3.8, 4) is 11.4 Å². The van der Waals surface area contributed by atoms with Crippen LogP contribution in [0.15, 0.2) is 30.7 Å². The Bertz CT molecular complexity index is 707. The summed E-state index contributed by atoms with van der Waals surface area (Å²) in [7, 11) is 0. The highest BCUT2D eigenvalue weighted by atomic mass is 16.2. The monoisotopic (exact) mass is 341 g/mol. The van der Waals surface area contributed by atoms with Gasteiger partial charge in [-0.15, -0.1) is 0 Å². The molecule has 0 fully saturated rings. The molecule has 2 aromatic heterocycles. The van der Waals surface area contributed by atoms with Gasteiger partial charge in [-0.1, -0.05) is 0 Å². The molecule has 6 nitrogen and oxygen atoms in total. The van der Waals surface area contributed by atoms with Crippen LogP contribution in [-0.2, 0) is 0 Å². The Morgan fingerprint density at radius 2 is 1.68 bits per heavy atom. The first-order chi connectivity index (χ1) is 11.8. The molecule has 0 aliphatic heterocycles. The molecule has 2 heterocycles. The first kappa shape index (κ1) is 18.8. The number of nitrogens with zero attached hydrogens (tertiary/aromatic N) is 4. The normalized spacial score (nSPS) is 12.3. The van der Waals surface area contributed by atoms with Crippen molar-refractivity contribution in [2.24, 2.45) is 0 Å². The third kappa shape index (κ3) is 4.53. The summed E-state index contributed by atoms with van der Waals surface area (Å²) < 4.78 is 0. The number of rotatable bonds is 5. The lowest BCUT2D eigenvalue weighted by Gasteiger charge is -2.32. The van der Waals surface area contributed by atoms with E-state index >= 15 is 0 Å². The predicted molar refractivity (Wildman–Crippen MR) is 99.1 cm³/mol. The van der Waals surface area contributed by atoms with Gasteiger partial charge in [0, 0.05) is 47.5 Å². The molecule has 0 saturated heterocycles. The van der Waals surface area contributed by atoms with E-state index < -0.39 is 0 Å². The second-order valence-electron chi connectivity index (χ2n) is 6.74. The molecule has 0 bridgehead atoms. The molecule has 0 aliphatic rings. The van der Waals surface area contributed by atoms with Crippen LogP contribution in [0.25, 0.3) is 11.4 Å². The van der Waals surface area contributed by atoms with Crippen molar-refractivity contribution in [2.45, 2.75) is 59.7 Å². The van der Waals surface area contributed by atoms with Gasteiger partial charge in [-0.25, -0.2) is 14.8 Å². The van der Waals surface area contributed by atoms with E-state index in [0.717, 1.165) is 16.8 Å². The van der Waals surface area contributed by atoms with Gasteiger partial charge in [0.1, 0.15) is 0 Å². The Morgan fingerprint density at radius 3 is 2.20 bits per heavy atom. The average molecular weight is 341 g/mol. The molecule has 25 heavy (non-hydrogen) atoms. The van der Waals surface area contributed by atoms with Gasteiger partial charge in [-0.05, 0) is 53.7 Å². The van der Waals surface area contributed by atoms with Gasteiger partial charge in [0.25, 0.3) is 0 Å². The second kappa shape index (κ2) is 8.05. The molecule has 2 amide bonds. The van der Waals surface area contributed by atoms with Crippen LogP contribution in [0.4, 0.5) is 4.79 Å². The van der Waals surface area contributed by atoms with Gasteiger partial charge in [-0.3, -0.25) is 4.98 Å². The number of amides is 2. The minimum Gasteiger partial charge on any atom is -0.331 e. The molecule has 0 aliphatic carbocycles. The zero-order chi connectivity index (χ0) is 18.6. The van der Waals surface area contributed by atoms with Gasteiger partial charge in [0.05, 0.1) is 6.04 Å². The van der Waals surface area contributed by atoms with Crippen LogP contribution in [0.3, 0.4) is 0 Å². The standard InChI is InChI=1S/C19H27N5O/c1-12(2)24(13(3)4)19(25)23-15(6)17-11-21-18(22-14(17)5)16-7-9-20-10-8-16/h7-13,15H,1-6H3,(H,23,25)/t15-/m1/s1. The van der Waals surface area contributed by atoms with Crippen molar-refractivity contribution >= 4 is 6.03 Å². The molecule has 0 aromatic carbocycles. The number of carbonyl (C=O) groups excluding carboxylic acids is 1. The van der Waals surface area contributed by atoms with E-state index in [0.29, 0.717) is 5.82 Å². The first-order valence-electron chi connectivity index (χ1n) is 8.64. The van der Waals surface area contributed by atoms with Crippen LogP contribution >= 0.6 is 0 Å². The van der Waals surface area contributed by atoms with E-state index in [-0.39, 0.29) is 24.2 Å². The van der Waals surface area contributed by atoms with Crippen molar-refractivity contribution in [1.82, 2.24) is 25.2 Å². The van der Waals surface area contributed by atoms with Gasteiger partial charge < -0.3 is 10.2 Å². The highest BCUT2D eigenvalue weighted by Gasteiger charge is 2.22. The number of carbonyl (C=O) groups is 1. The summed E-state index contributed by atoms with van der Waals surface area (Å²) in [6, 6.07) is 3.79. The predicted octanol–water partition coefficient (Wildman–Crippen LogP) is 3.74. The molecule has 1 atom stereocenters. The van der Waals surface area contributed by atoms with Gasteiger partial charge in [-0.2, -0.15) is 0 Å². The number of aryl methyl sites for hydroxylation is 1. The molecule has 134 valence electrons. The summed E-state index contributed by atoms with van der Waals surface area (Å²) in [4.78, 5) is 27.4. The van der Waals surface area contributed by atoms with E-state index in [2.05, 4.69) is 20.3 Å². The van der Waals surface area contributed by atoms with Crippen LogP contribution < -0.4 is 5.32 Å². The quantitative estimate of drug-likeness (QED) is 0.899. The van der Waals surface area contributed by atoms with E-state index in [1.807, 2.05) is 58.6 Å². The number of pyridine rings is 1. The molecule has 0 saturated carbocycles. The van der Waals surface area contributed by atoms with Crippen molar-refractivity contribution in [3.63, 3.8) is 0 Å². The van der Waals surface area contributed by atoms with Gasteiger partial charge in [0.2, 0.25) is 0 Å². The number of hydrogen-bond donors (Lipinski definition) is 1. The largest absolute Gasteiger partial charge is 0.331 e. The maximum atomic E-state index is 12.6.